The van der Waals surface area contributed by atoms with E-state index in [-0.39, 0.29) is 0 Å². The maximum absolute atomic E-state index is 3.21. The Balaban J connectivity index is 2.58. The van der Waals surface area contributed by atoms with E-state index >= 15 is 0 Å². The van der Waals surface area contributed by atoms with Crippen LogP contribution in [0.15, 0.2) is 23.8 Å². The van der Waals surface area contributed by atoms with Gasteiger partial charge in [0.15, 0.2) is 0 Å². The first-order valence-electron chi connectivity index (χ1n) is 4.17. The average molecular weight is 151 g/mol. The molecule has 0 bridgehead atoms. The Kier molecular flexibility index (Phi) is 2.50. The number of hydrogen-bond donors (Lipinski definition) is 1. The van der Waals surface area contributed by atoms with Gasteiger partial charge in [-0.3, -0.25) is 0 Å². The molecule has 11 heavy (non-hydrogen) atoms. The molecule has 62 valence electrons. The van der Waals surface area contributed by atoms with E-state index in [9.17, 15) is 0 Å². The number of nitrogens with one attached hydrogen (secondary N) is 1. The summed E-state index contributed by atoms with van der Waals surface area (Å²) in [7, 11) is 2.00. The van der Waals surface area contributed by atoms with Gasteiger partial charge in [0.2, 0.25) is 0 Å². The van der Waals surface area contributed by atoms with Crippen LogP contribution in [-0.2, 0) is 0 Å². The Bertz CT molecular complexity index is 191. The smallest absolute Gasteiger partial charge is 0.00400 e. The van der Waals surface area contributed by atoms with Crippen LogP contribution in [0, 0.1) is 5.41 Å². The van der Waals surface area contributed by atoms with E-state index in [1.165, 1.54) is 5.57 Å². The van der Waals surface area contributed by atoms with Gasteiger partial charge in [-0.2, -0.15) is 0 Å². The van der Waals surface area contributed by atoms with Crippen molar-refractivity contribution in [1.29, 1.82) is 0 Å². The minimum atomic E-state index is 0.342. The second-order valence-corrected chi connectivity index (χ2v) is 3.67. The van der Waals surface area contributed by atoms with Crippen LogP contribution >= 0.6 is 0 Å². The average Bonchev–Trinajstić information content (AvgIpc) is 1.97. The maximum Gasteiger partial charge on any atom is 0.00400 e. The third kappa shape index (κ3) is 2.19. The maximum atomic E-state index is 3.21. The molecule has 1 atom stereocenters. The summed E-state index contributed by atoms with van der Waals surface area (Å²) in [5.74, 6) is 0. The van der Waals surface area contributed by atoms with Crippen LogP contribution in [0.2, 0.25) is 0 Å². The molecular formula is C10H17N. The van der Waals surface area contributed by atoms with E-state index in [2.05, 4.69) is 37.4 Å². The van der Waals surface area contributed by atoms with Crippen LogP contribution in [0.3, 0.4) is 0 Å². The summed E-state index contributed by atoms with van der Waals surface area (Å²) >= 11 is 0. The van der Waals surface area contributed by atoms with Crippen molar-refractivity contribution in [3.05, 3.63) is 23.8 Å². The predicted molar refractivity (Wildman–Crippen MR) is 49.5 cm³/mol. The molecule has 1 heteroatoms. The Labute approximate surface area is 69.2 Å². The Hall–Kier alpha value is -0.560. The molecule has 1 aliphatic carbocycles. The lowest BCUT2D eigenvalue weighted by Gasteiger charge is -2.26. The highest BCUT2D eigenvalue weighted by molar-refractivity contribution is 5.24. The third-order valence-corrected chi connectivity index (χ3v) is 2.22. The fourth-order valence-corrected chi connectivity index (χ4v) is 1.40. The van der Waals surface area contributed by atoms with Crippen molar-refractivity contribution in [3.63, 3.8) is 0 Å². The van der Waals surface area contributed by atoms with Crippen LogP contribution in [0.25, 0.3) is 0 Å². The molecular weight excluding hydrogens is 134 g/mol. The molecule has 1 rings (SSSR count). The Morgan fingerprint density at radius 1 is 1.64 bits per heavy atom. The van der Waals surface area contributed by atoms with Gasteiger partial charge in [-0.15, -0.1) is 0 Å². The second-order valence-electron chi connectivity index (χ2n) is 3.67. The topological polar surface area (TPSA) is 12.0 Å². The van der Waals surface area contributed by atoms with Crippen molar-refractivity contribution < 1.29 is 0 Å². The number of rotatable bonds is 2. The van der Waals surface area contributed by atoms with E-state index in [1.54, 1.807) is 0 Å². The number of hydrogen-bond acceptors (Lipinski definition) is 1. The summed E-state index contributed by atoms with van der Waals surface area (Å²) in [6.45, 7) is 5.49. The first kappa shape index (κ1) is 8.54. The fraction of sp³-hybridized carbons (Fsp3) is 0.600. The summed E-state index contributed by atoms with van der Waals surface area (Å²) < 4.78 is 0. The van der Waals surface area contributed by atoms with Crippen molar-refractivity contribution in [2.45, 2.75) is 20.3 Å². The van der Waals surface area contributed by atoms with Gasteiger partial charge in [0, 0.05) is 12.0 Å². The minimum Gasteiger partial charge on any atom is -0.319 e. The zero-order valence-electron chi connectivity index (χ0n) is 7.65. The molecule has 1 nitrogen and oxygen atoms in total. The molecule has 1 unspecified atom stereocenters. The van der Waals surface area contributed by atoms with E-state index in [0.29, 0.717) is 5.41 Å². The summed E-state index contributed by atoms with van der Waals surface area (Å²) in [5, 5.41) is 3.21. The van der Waals surface area contributed by atoms with Crippen molar-refractivity contribution in [2.24, 2.45) is 5.41 Å². The quantitative estimate of drug-likeness (QED) is 0.637. The van der Waals surface area contributed by atoms with Gasteiger partial charge >= 0.3 is 0 Å². The molecule has 0 aliphatic heterocycles. The van der Waals surface area contributed by atoms with Gasteiger partial charge in [0.05, 0.1) is 0 Å². The van der Waals surface area contributed by atoms with Gasteiger partial charge in [0.25, 0.3) is 0 Å². The van der Waals surface area contributed by atoms with Crippen LogP contribution in [0.4, 0.5) is 0 Å². The van der Waals surface area contributed by atoms with E-state index in [1.807, 2.05) is 7.05 Å². The summed E-state index contributed by atoms with van der Waals surface area (Å²) in [6.07, 6.45) is 7.98. The third-order valence-electron chi connectivity index (χ3n) is 2.22. The van der Waals surface area contributed by atoms with Gasteiger partial charge in [-0.25, -0.2) is 0 Å². The van der Waals surface area contributed by atoms with E-state index in [4.69, 9.17) is 0 Å². The Morgan fingerprint density at radius 3 is 2.82 bits per heavy atom. The largest absolute Gasteiger partial charge is 0.319 e. The molecule has 0 aromatic carbocycles. The minimum absolute atomic E-state index is 0.342. The van der Waals surface area contributed by atoms with Crippen LogP contribution in [0.1, 0.15) is 20.3 Å². The summed E-state index contributed by atoms with van der Waals surface area (Å²) in [4.78, 5) is 0. The van der Waals surface area contributed by atoms with Gasteiger partial charge in [0.1, 0.15) is 0 Å². The highest BCUT2D eigenvalue weighted by atomic mass is 14.8. The van der Waals surface area contributed by atoms with Gasteiger partial charge in [-0.1, -0.05) is 30.7 Å². The lowest BCUT2D eigenvalue weighted by molar-refractivity contribution is 0.408. The van der Waals surface area contributed by atoms with Gasteiger partial charge in [-0.05, 0) is 20.4 Å². The zero-order chi connectivity index (χ0) is 8.32. The molecule has 0 spiro atoms. The SMILES string of the molecule is CNCC1(C)C=CC(C)=CC1. The van der Waals surface area contributed by atoms with Crippen LogP contribution < -0.4 is 5.32 Å². The lowest BCUT2D eigenvalue weighted by atomic mass is 9.82. The monoisotopic (exact) mass is 151 g/mol. The molecule has 1 aliphatic rings. The van der Waals surface area contributed by atoms with Crippen molar-refractivity contribution in [1.82, 2.24) is 5.32 Å². The van der Waals surface area contributed by atoms with Crippen LogP contribution in [0.5, 0.6) is 0 Å². The fourth-order valence-electron chi connectivity index (χ4n) is 1.40. The normalized spacial score (nSPS) is 30.3. The lowest BCUT2D eigenvalue weighted by Crippen LogP contribution is -2.28. The molecule has 0 fully saturated rings. The second kappa shape index (κ2) is 3.22. The predicted octanol–water partition coefficient (Wildman–Crippen LogP) is 2.12. The number of allylic oxidation sites excluding steroid dienone is 3. The standard InChI is InChI=1S/C10H17N/c1-9-4-6-10(2,7-5-9)8-11-3/h4-6,11H,7-8H2,1-3H3. The molecule has 0 aromatic rings. The van der Waals surface area contributed by atoms with Crippen molar-refractivity contribution >= 4 is 0 Å². The summed E-state index contributed by atoms with van der Waals surface area (Å²) in [6, 6.07) is 0. The highest BCUT2D eigenvalue weighted by Crippen LogP contribution is 2.27. The molecule has 0 saturated carbocycles. The molecule has 1 N–H and O–H groups in total. The molecule has 0 radical (unpaired) electrons. The first-order chi connectivity index (χ1) is 5.16. The van der Waals surface area contributed by atoms with Crippen molar-refractivity contribution in [3.8, 4) is 0 Å². The molecule has 0 saturated heterocycles. The Morgan fingerprint density at radius 2 is 2.36 bits per heavy atom. The highest BCUT2D eigenvalue weighted by Gasteiger charge is 2.20. The molecule has 0 amide bonds. The molecule has 0 heterocycles. The van der Waals surface area contributed by atoms with Gasteiger partial charge < -0.3 is 5.32 Å². The first-order valence-corrected chi connectivity index (χ1v) is 4.17. The zero-order valence-corrected chi connectivity index (χ0v) is 7.65. The van der Waals surface area contributed by atoms with Crippen molar-refractivity contribution in [2.75, 3.05) is 13.6 Å². The summed E-state index contributed by atoms with van der Waals surface area (Å²) in [5.41, 5.74) is 1.73. The van der Waals surface area contributed by atoms with Crippen LogP contribution in [-0.4, -0.2) is 13.6 Å². The molecule has 0 aromatic heterocycles. The van der Waals surface area contributed by atoms with E-state index in [0.717, 1.165) is 13.0 Å². The van der Waals surface area contributed by atoms with E-state index < -0.39 is 0 Å².